The Morgan fingerprint density at radius 1 is 1.06 bits per heavy atom. The van der Waals surface area contributed by atoms with Gasteiger partial charge in [0.1, 0.15) is 17.9 Å². The van der Waals surface area contributed by atoms with Gasteiger partial charge in [-0.2, -0.15) is 0 Å². The van der Waals surface area contributed by atoms with Crippen molar-refractivity contribution in [1.82, 2.24) is 4.90 Å². The van der Waals surface area contributed by atoms with E-state index in [1.807, 2.05) is 61.5 Å². The van der Waals surface area contributed by atoms with Gasteiger partial charge in [0.2, 0.25) is 5.76 Å². The number of carbonyl (C=O) groups is 1. The van der Waals surface area contributed by atoms with Crippen molar-refractivity contribution in [3.63, 3.8) is 0 Å². The Balaban J connectivity index is 1.54. The molecule has 0 bridgehead atoms. The molecule has 0 aliphatic carbocycles. The van der Waals surface area contributed by atoms with Crippen LogP contribution in [-0.4, -0.2) is 29.1 Å². The zero-order chi connectivity index (χ0) is 24.5. The van der Waals surface area contributed by atoms with Crippen molar-refractivity contribution in [2.24, 2.45) is 0 Å². The summed E-state index contributed by atoms with van der Waals surface area (Å²) in [4.78, 5) is 28.5. The third-order valence-corrected chi connectivity index (χ3v) is 6.66. The lowest BCUT2D eigenvalue weighted by molar-refractivity contribution is 0.0716. The lowest BCUT2D eigenvalue weighted by atomic mass is 9.98. The molecule has 0 radical (unpaired) electrons. The largest absolute Gasteiger partial charge is 0.489 e. The van der Waals surface area contributed by atoms with Gasteiger partial charge in [-0.05, 0) is 54.3 Å². The molecule has 35 heavy (non-hydrogen) atoms. The van der Waals surface area contributed by atoms with Crippen LogP contribution < -0.4 is 10.2 Å². The summed E-state index contributed by atoms with van der Waals surface area (Å²) in [5.41, 5.74) is 2.91. The Kier molecular flexibility index (Phi) is 6.32. The molecule has 1 N–H and O–H groups in total. The van der Waals surface area contributed by atoms with Gasteiger partial charge in [-0.15, -0.1) is 0 Å². The van der Waals surface area contributed by atoms with Gasteiger partial charge in [-0.1, -0.05) is 54.1 Å². The zero-order valence-electron chi connectivity index (χ0n) is 19.2. The Bertz CT molecular complexity index is 1450. The highest BCUT2D eigenvalue weighted by atomic mass is 35.5. The second-order valence-corrected chi connectivity index (χ2v) is 9.00. The number of aliphatic hydroxyl groups excluding tert-OH is 1. The molecule has 0 spiro atoms. The summed E-state index contributed by atoms with van der Waals surface area (Å²) in [5.74, 6) is 0.350. The van der Waals surface area contributed by atoms with Gasteiger partial charge in [0.15, 0.2) is 5.43 Å². The first kappa shape index (κ1) is 23.1. The fraction of sp³-hybridized carbons (Fsp3) is 0.214. The Morgan fingerprint density at radius 2 is 1.80 bits per heavy atom. The van der Waals surface area contributed by atoms with E-state index < -0.39 is 6.04 Å². The van der Waals surface area contributed by atoms with Crippen LogP contribution in [-0.2, 0) is 6.61 Å². The summed E-state index contributed by atoms with van der Waals surface area (Å²) in [6.45, 7) is 2.46. The highest BCUT2D eigenvalue weighted by Gasteiger charge is 2.42. The van der Waals surface area contributed by atoms with Crippen LogP contribution in [0.3, 0.4) is 0 Å². The Hall–Kier alpha value is -3.61. The molecule has 3 aromatic carbocycles. The average Bonchev–Trinajstić information content (AvgIpc) is 3.15. The number of aryl methyl sites for hydroxylation is 1. The van der Waals surface area contributed by atoms with Crippen molar-refractivity contribution < 1.29 is 19.1 Å². The van der Waals surface area contributed by atoms with Gasteiger partial charge in [-0.25, -0.2) is 0 Å². The topological polar surface area (TPSA) is 80.0 Å². The summed E-state index contributed by atoms with van der Waals surface area (Å²) >= 11 is 6.28. The van der Waals surface area contributed by atoms with Gasteiger partial charge in [0.05, 0.1) is 17.0 Å². The molecule has 2 heterocycles. The molecule has 178 valence electrons. The molecule has 6 nitrogen and oxygen atoms in total. The number of benzene rings is 3. The number of amides is 1. The van der Waals surface area contributed by atoms with Gasteiger partial charge in [0.25, 0.3) is 5.91 Å². The fourth-order valence-corrected chi connectivity index (χ4v) is 4.61. The first-order valence-corrected chi connectivity index (χ1v) is 11.8. The molecule has 1 aromatic heterocycles. The lowest BCUT2D eigenvalue weighted by Crippen LogP contribution is -2.31. The van der Waals surface area contributed by atoms with Gasteiger partial charge < -0.3 is 19.2 Å². The molecule has 4 aromatic rings. The van der Waals surface area contributed by atoms with Crippen LogP contribution in [0.25, 0.3) is 11.0 Å². The Morgan fingerprint density at radius 3 is 2.51 bits per heavy atom. The highest BCUT2D eigenvalue weighted by Crippen LogP contribution is 2.39. The summed E-state index contributed by atoms with van der Waals surface area (Å²) in [6, 6.07) is 19.9. The molecule has 0 saturated carbocycles. The number of carbonyl (C=O) groups excluding carboxylic acids is 1. The number of halogens is 1. The van der Waals surface area contributed by atoms with Crippen molar-refractivity contribution in [3.8, 4) is 5.75 Å². The number of hydrogen-bond acceptors (Lipinski definition) is 5. The van der Waals surface area contributed by atoms with Crippen molar-refractivity contribution in [2.75, 3.05) is 13.2 Å². The first-order chi connectivity index (χ1) is 17.0. The smallest absolute Gasteiger partial charge is 0.290 e. The first-order valence-electron chi connectivity index (χ1n) is 11.4. The molecule has 1 aliphatic rings. The second kappa shape index (κ2) is 9.56. The van der Waals surface area contributed by atoms with E-state index in [1.165, 1.54) is 0 Å². The molecule has 1 unspecified atom stereocenters. The monoisotopic (exact) mass is 489 g/mol. The number of aliphatic hydroxyl groups is 1. The third-order valence-electron chi connectivity index (χ3n) is 6.25. The van der Waals surface area contributed by atoms with E-state index in [0.29, 0.717) is 40.3 Å². The summed E-state index contributed by atoms with van der Waals surface area (Å²) in [7, 11) is 0. The molecule has 0 fully saturated rings. The summed E-state index contributed by atoms with van der Waals surface area (Å²) in [5, 5.41) is 10.2. The van der Waals surface area contributed by atoms with Gasteiger partial charge in [0, 0.05) is 18.2 Å². The van der Waals surface area contributed by atoms with Crippen LogP contribution in [0, 0.1) is 6.92 Å². The second-order valence-electron chi connectivity index (χ2n) is 8.59. The van der Waals surface area contributed by atoms with Crippen LogP contribution in [0.1, 0.15) is 45.3 Å². The van der Waals surface area contributed by atoms with Gasteiger partial charge >= 0.3 is 0 Å². The predicted molar refractivity (Wildman–Crippen MR) is 134 cm³/mol. The summed E-state index contributed by atoms with van der Waals surface area (Å²) < 4.78 is 11.9. The van der Waals surface area contributed by atoms with Crippen molar-refractivity contribution >= 4 is 28.5 Å². The molecule has 7 heteroatoms. The van der Waals surface area contributed by atoms with Gasteiger partial charge in [-0.3, -0.25) is 9.59 Å². The highest BCUT2D eigenvalue weighted by molar-refractivity contribution is 6.32. The minimum Gasteiger partial charge on any atom is -0.489 e. The standard InChI is InChI=1S/C28H24ClNO5/c1-17-14-23-21(15-22(17)29)26(32)24-25(30(12-5-13-31)28(33)27(24)35-23)19-8-10-20(11-9-19)34-16-18-6-3-2-4-7-18/h2-4,6-11,14-15,25,31H,5,12-13,16H2,1H3. The van der Waals surface area contributed by atoms with Crippen molar-refractivity contribution in [3.05, 3.63) is 110 Å². The van der Waals surface area contributed by atoms with Crippen molar-refractivity contribution in [1.29, 1.82) is 0 Å². The van der Waals surface area contributed by atoms with Crippen LogP contribution in [0.4, 0.5) is 0 Å². The molecule has 1 atom stereocenters. The maximum absolute atomic E-state index is 13.6. The molecular weight excluding hydrogens is 466 g/mol. The van der Waals surface area contributed by atoms with Crippen molar-refractivity contribution in [2.45, 2.75) is 26.0 Å². The van der Waals surface area contributed by atoms with E-state index in [-0.39, 0.29) is 30.2 Å². The minimum atomic E-state index is -0.632. The SMILES string of the molecule is Cc1cc2oc3c(c(=O)c2cc1Cl)C(c1ccc(OCc2ccccc2)cc1)N(CCCO)C3=O. The zero-order valence-corrected chi connectivity index (χ0v) is 19.9. The molecular formula is C28H24ClNO5. The van der Waals surface area contributed by atoms with E-state index in [2.05, 4.69) is 0 Å². The van der Waals surface area contributed by atoms with Crippen LogP contribution in [0.5, 0.6) is 5.75 Å². The van der Waals surface area contributed by atoms with E-state index in [1.54, 1.807) is 17.0 Å². The molecule has 5 rings (SSSR count). The van der Waals surface area contributed by atoms with Crippen LogP contribution in [0.15, 0.2) is 75.9 Å². The molecule has 1 amide bonds. The number of hydrogen-bond donors (Lipinski definition) is 1. The van der Waals surface area contributed by atoms with E-state index in [9.17, 15) is 14.7 Å². The van der Waals surface area contributed by atoms with E-state index >= 15 is 0 Å². The normalized spacial score (nSPS) is 15.0. The number of fused-ring (bicyclic) bond motifs is 2. The number of ether oxygens (including phenoxy) is 1. The van der Waals surface area contributed by atoms with Crippen LogP contribution in [0.2, 0.25) is 5.02 Å². The quantitative estimate of drug-likeness (QED) is 0.383. The minimum absolute atomic E-state index is 0.0385. The molecule has 0 saturated heterocycles. The third kappa shape index (κ3) is 4.31. The maximum Gasteiger partial charge on any atom is 0.290 e. The number of nitrogens with zero attached hydrogens (tertiary/aromatic N) is 1. The Labute approximate surface area is 207 Å². The van der Waals surface area contributed by atoms with E-state index in [4.69, 9.17) is 20.8 Å². The molecule has 1 aliphatic heterocycles. The fourth-order valence-electron chi connectivity index (χ4n) is 4.45. The predicted octanol–water partition coefficient (Wildman–Crippen LogP) is 5.26. The van der Waals surface area contributed by atoms with Crippen LogP contribution >= 0.6 is 11.6 Å². The summed E-state index contributed by atoms with van der Waals surface area (Å²) in [6.07, 6.45) is 0.382. The van der Waals surface area contributed by atoms with E-state index in [0.717, 1.165) is 16.7 Å². The number of rotatable bonds is 7. The average molecular weight is 490 g/mol. The maximum atomic E-state index is 13.6. The lowest BCUT2D eigenvalue weighted by Gasteiger charge is -2.25.